The number of carbonyl (C=O) groups excluding carboxylic acids is 1. The summed E-state index contributed by atoms with van der Waals surface area (Å²) in [6, 6.07) is 10.5. The number of ether oxygens (including phenoxy) is 1. The van der Waals surface area contributed by atoms with E-state index in [9.17, 15) is 4.79 Å². The lowest BCUT2D eigenvalue weighted by atomic mass is 9.82. The number of likely N-dealkylation sites (tertiary alicyclic amines) is 1. The number of rotatable bonds is 4. The van der Waals surface area contributed by atoms with Crippen molar-refractivity contribution in [2.45, 2.75) is 37.8 Å². The first-order chi connectivity index (χ1) is 12.2. The van der Waals surface area contributed by atoms with E-state index in [4.69, 9.17) is 4.74 Å². The van der Waals surface area contributed by atoms with Crippen LogP contribution < -0.4 is 0 Å². The van der Waals surface area contributed by atoms with Crippen LogP contribution in [0.3, 0.4) is 0 Å². The molecule has 132 valence electrons. The highest BCUT2D eigenvalue weighted by Crippen LogP contribution is 2.35. The number of benzene rings is 1. The Hall–Kier alpha value is -2.14. The van der Waals surface area contributed by atoms with E-state index >= 15 is 0 Å². The lowest BCUT2D eigenvalue weighted by Crippen LogP contribution is -2.42. The first-order valence-corrected chi connectivity index (χ1v) is 9.07. The molecular weight excluding hydrogens is 314 g/mol. The summed E-state index contributed by atoms with van der Waals surface area (Å²) in [5.41, 5.74) is 1.35. The lowest BCUT2D eigenvalue weighted by molar-refractivity contribution is -0.142. The zero-order valence-corrected chi connectivity index (χ0v) is 14.7. The monoisotopic (exact) mass is 339 g/mol. The standard InChI is InChI=1S/C20H25N3O2/c1-20(17-5-3-2-4-6-17)8-10-23(14-20)19(24)18-16(7-12-25-18)13-22-11-9-21-15-22/h2-6,9,11,15-16,18H,7-8,10,12-14H2,1H3/t16-,18-,20?/m1/s1. The molecule has 25 heavy (non-hydrogen) atoms. The van der Waals surface area contributed by atoms with Crippen LogP contribution in [0.4, 0.5) is 0 Å². The van der Waals surface area contributed by atoms with Crippen molar-refractivity contribution >= 4 is 5.91 Å². The summed E-state index contributed by atoms with van der Waals surface area (Å²) in [4.78, 5) is 19.2. The number of nitrogens with zero attached hydrogens (tertiary/aromatic N) is 3. The second kappa shape index (κ2) is 6.64. The Bertz CT molecular complexity index is 716. The van der Waals surface area contributed by atoms with Crippen LogP contribution in [0.5, 0.6) is 0 Å². The third kappa shape index (κ3) is 3.21. The molecular formula is C20H25N3O2. The Labute approximate surface area is 148 Å². The predicted octanol–water partition coefficient (Wildman–Crippen LogP) is 2.48. The van der Waals surface area contributed by atoms with E-state index in [1.165, 1.54) is 5.56 Å². The average Bonchev–Trinajstić information content (AvgIpc) is 3.37. The molecule has 1 aromatic heterocycles. The van der Waals surface area contributed by atoms with Gasteiger partial charge in [-0.1, -0.05) is 37.3 Å². The molecule has 2 saturated heterocycles. The molecule has 1 amide bonds. The van der Waals surface area contributed by atoms with Crippen molar-refractivity contribution in [1.29, 1.82) is 0 Å². The average molecular weight is 339 g/mol. The normalized spacial score (nSPS) is 29.2. The third-order valence-electron chi connectivity index (χ3n) is 5.72. The smallest absolute Gasteiger partial charge is 0.252 e. The van der Waals surface area contributed by atoms with Crippen molar-refractivity contribution in [1.82, 2.24) is 14.5 Å². The number of aromatic nitrogens is 2. The van der Waals surface area contributed by atoms with Gasteiger partial charge in [0.1, 0.15) is 6.10 Å². The van der Waals surface area contributed by atoms with Crippen molar-refractivity contribution < 1.29 is 9.53 Å². The minimum absolute atomic E-state index is 0.0371. The van der Waals surface area contributed by atoms with E-state index in [-0.39, 0.29) is 23.3 Å². The number of amides is 1. The molecule has 1 unspecified atom stereocenters. The fourth-order valence-corrected chi connectivity index (χ4v) is 4.16. The lowest BCUT2D eigenvalue weighted by Gasteiger charge is -2.27. The van der Waals surface area contributed by atoms with Crippen LogP contribution in [0.1, 0.15) is 25.3 Å². The molecule has 0 bridgehead atoms. The number of carbonyl (C=O) groups is 1. The molecule has 4 rings (SSSR count). The molecule has 3 atom stereocenters. The minimum atomic E-state index is -0.319. The SMILES string of the molecule is CC1(c2ccccc2)CCN(C(=O)[C@@H]2OCC[C@@H]2Cn2ccnc2)C1. The van der Waals surface area contributed by atoms with Gasteiger partial charge in [-0.3, -0.25) is 4.79 Å². The largest absolute Gasteiger partial charge is 0.368 e. The number of hydrogen-bond acceptors (Lipinski definition) is 3. The van der Waals surface area contributed by atoms with Gasteiger partial charge in [0.25, 0.3) is 5.91 Å². The molecule has 2 aliphatic heterocycles. The highest BCUT2D eigenvalue weighted by molar-refractivity contribution is 5.82. The third-order valence-corrected chi connectivity index (χ3v) is 5.72. The Morgan fingerprint density at radius 3 is 2.96 bits per heavy atom. The second-order valence-electron chi connectivity index (χ2n) is 7.54. The summed E-state index contributed by atoms with van der Waals surface area (Å²) in [5, 5.41) is 0. The predicted molar refractivity (Wildman–Crippen MR) is 95.1 cm³/mol. The van der Waals surface area contributed by atoms with Crippen molar-refractivity contribution in [3.05, 3.63) is 54.6 Å². The molecule has 0 saturated carbocycles. The Morgan fingerprint density at radius 1 is 1.36 bits per heavy atom. The quantitative estimate of drug-likeness (QED) is 0.860. The van der Waals surface area contributed by atoms with Crippen LogP contribution >= 0.6 is 0 Å². The van der Waals surface area contributed by atoms with Gasteiger partial charge in [0.2, 0.25) is 0 Å². The van der Waals surface area contributed by atoms with Gasteiger partial charge in [-0.05, 0) is 18.4 Å². The zero-order valence-electron chi connectivity index (χ0n) is 14.7. The fourth-order valence-electron chi connectivity index (χ4n) is 4.16. The first kappa shape index (κ1) is 16.3. The van der Waals surface area contributed by atoms with Crippen LogP contribution in [-0.2, 0) is 21.5 Å². The summed E-state index contributed by atoms with van der Waals surface area (Å²) in [6.45, 7) is 5.29. The van der Waals surface area contributed by atoms with E-state index in [1.807, 2.05) is 28.1 Å². The van der Waals surface area contributed by atoms with Gasteiger partial charge in [-0.25, -0.2) is 4.98 Å². The van der Waals surface area contributed by atoms with Crippen LogP contribution in [-0.4, -0.2) is 46.2 Å². The Balaban J connectivity index is 1.44. The molecule has 3 heterocycles. The van der Waals surface area contributed by atoms with Crippen LogP contribution in [0.15, 0.2) is 49.1 Å². The molecule has 1 aromatic carbocycles. The summed E-state index contributed by atoms with van der Waals surface area (Å²) in [6.07, 6.45) is 7.14. The minimum Gasteiger partial charge on any atom is -0.368 e. The Morgan fingerprint density at radius 2 is 2.20 bits per heavy atom. The maximum absolute atomic E-state index is 13.1. The maximum atomic E-state index is 13.1. The fraction of sp³-hybridized carbons (Fsp3) is 0.500. The van der Waals surface area contributed by atoms with Gasteiger partial charge < -0.3 is 14.2 Å². The van der Waals surface area contributed by atoms with Gasteiger partial charge in [-0.2, -0.15) is 0 Å². The second-order valence-corrected chi connectivity index (χ2v) is 7.54. The topological polar surface area (TPSA) is 47.4 Å². The Kier molecular flexibility index (Phi) is 4.34. The first-order valence-electron chi connectivity index (χ1n) is 9.07. The summed E-state index contributed by atoms with van der Waals surface area (Å²) in [7, 11) is 0. The molecule has 0 spiro atoms. The van der Waals surface area contributed by atoms with Crippen molar-refractivity contribution in [2.75, 3.05) is 19.7 Å². The molecule has 5 nitrogen and oxygen atoms in total. The van der Waals surface area contributed by atoms with Gasteiger partial charge in [-0.15, -0.1) is 0 Å². The molecule has 0 aliphatic carbocycles. The zero-order chi connectivity index (χ0) is 17.3. The van der Waals surface area contributed by atoms with E-state index < -0.39 is 0 Å². The highest BCUT2D eigenvalue weighted by atomic mass is 16.5. The van der Waals surface area contributed by atoms with E-state index in [0.29, 0.717) is 6.61 Å². The van der Waals surface area contributed by atoms with Gasteiger partial charge in [0.15, 0.2) is 0 Å². The summed E-state index contributed by atoms with van der Waals surface area (Å²) < 4.78 is 7.88. The molecule has 0 radical (unpaired) electrons. The van der Waals surface area contributed by atoms with Gasteiger partial charge in [0.05, 0.1) is 6.33 Å². The van der Waals surface area contributed by atoms with Crippen LogP contribution in [0.25, 0.3) is 0 Å². The summed E-state index contributed by atoms with van der Waals surface area (Å²) >= 11 is 0. The molecule has 0 N–H and O–H groups in total. The molecule has 2 aliphatic rings. The number of imidazole rings is 1. The van der Waals surface area contributed by atoms with Crippen molar-refractivity contribution in [2.24, 2.45) is 5.92 Å². The van der Waals surface area contributed by atoms with Gasteiger partial charge >= 0.3 is 0 Å². The number of hydrogen-bond donors (Lipinski definition) is 0. The van der Waals surface area contributed by atoms with E-state index in [2.05, 4.69) is 36.2 Å². The van der Waals surface area contributed by atoms with E-state index in [1.54, 1.807) is 6.20 Å². The van der Waals surface area contributed by atoms with Gasteiger partial charge in [0, 0.05) is 50.0 Å². The summed E-state index contributed by atoms with van der Waals surface area (Å²) in [5.74, 6) is 0.382. The van der Waals surface area contributed by atoms with E-state index in [0.717, 1.165) is 32.5 Å². The molecule has 5 heteroatoms. The van der Waals surface area contributed by atoms with Crippen LogP contribution in [0, 0.1) is 5.92 Å². The highest BCUT2D eigenvalue weighted by Gasteiger charge is 2.42. The van der Waals surface area contributed by atoms with Crippen LogP contribution in [0.2, 0.25) is 0 Å². The molecule has 2 aromatic rings. The maximum Gasteiger partial charge on any atom is 0.252 e. The van der Waals surface area contributed by atoms with Crippen molar-refractivity contribution in [3.8, 4) is 0 Å². The van der Waals surface area contributed by atoms with Crippen molar-refractivity contribution in [3.63, 3.8) is 0 Å². The molecule has 2 fully saturated rings.